The van der Waals surface area contributed by atoms with Gasteiger partial charge < -0.3 is 15.4 Å². The van der Waals surface area contributed by atoms with Crippen molar-refractivity contribution in [2.45, 2.75) is 25.8 Å². The van der Waals surface area contributed by atoms with Gasteiger partial charge in [-0.2, -0.15) is 0 Å². The summed E-state index contributed by atoms with van der Waals surface area (Å²) in [4.78, 5) is 29.5. The Morgan fingerprint density at radius 2 is 1.80 bits per heavy atom. The minimum absolute atomic E-state index is 0.394. The number of hydrogen-bond acceptors (Lipinski definition) is 6. The Hall–Kier alpha value is -2.58. The van der Waals surface area contributed by atoms with Crippen LogP contribution in [0.15, 0.2) is 53.3 Å². The molecule has 2 aromatic carbocycles. The number of benzene rings is 2. The summed E-state index contributed by atoms with van der Waals surface area (Å²) in [6, 6.07) is 13.5. The highest BCUT2D eigenvalue weighted by atomic mass is 35.5. The second-order valence-electron chi connectivity index (χ2n) is 8.81. The Labute approximate surface area is 215 Å². The van der Waals surface area contributed by atoms with E-state index < -0.39 is 17.5 Å². The van der Waals surface area contributed by atoms with Gasteiger partial charge in [0.2, 0.25) is 0 Å². The lowest BCUT2D eigenvalue weighted by Crippen LogP contribution is -2.46. The standard InChI is InChI=1S/C26H30Cl2N4O3/c1-18(29)26(34)32-23-17-20(9-7-19(23)8-10-24(32)33)35-16-3-2-11-30-12-14-31(15-13-30)22-6-4-5-21(27)25(22)28/h4-10,17-18H,2-3,11-16,29H2,1H3. The molecule has 1 unspecified atom stereocenters. The molecule has 35 heavy (non-hydrogen) atoms. The number of ether oxygens (including phenoxy) is 1. The molecule has 0 aliphatic carbocycles. The number of carbonyl (C=O) groups excluding carboxylic acids is 1. The summed E-state index contributed by atoms with van der Waals surface area (Å²) in [6.07, 6.45) is 1.91. The van der Waals surface area contributed by atoms with E-state index in [4.69, 9.17) is 33.7 Å². The lowest BCUT2D eigenvalue weighted by molar-refractivity contribution is 0.0888. The first-order chi connectivity index (χ1) is 16.8. The summed E-state index contributed by atoms with van der Waals surface area (Å²) in [5, 5.41) is 1.98. The van der Waals surface area contributed by atoms with Crippen molar-refractivity contribution in [3.8, 4) is 5.75 Å². The Balaban J connectivity index is 1.26. The predicted octanol–water partition coefficient (Wildman–Crippen LogP) is 4.28. The highest BCUT2D eigenvalue weighted by molar-refractivity contribution is 6.43. The minimum atomic E-state index is -0.771. The van der Waals surface area contributed by atoms with Crippen molar-refractivity contribution in [3.05, 3.63) is 68.9 Å². The molecule has 2 heterocycles. The maximum absolute atomic E-state index is 12.4. The topological polar surface area (TPSA) is 80.8 Å². The molecule has 1 aromatic heterocycles. The van der Waals surface area contributed by atoms with E-state index in [-0.39, 0.29) is 0 Å². The lowest BCUT2D eigenvalue weighted by Gasteiger charge is -2.36. The first kappa shape index (κ1) is 25.5. The van der Waals surface area contributed by atoms with Gasteiger partial charge in [-0.15, -0.1) is 0 Å². The Kier molecular flexibility index (Phi) is 8.34. The van der Waals surface area contributed by atoms with E-state index in [2.05, 4.69) is 9.80 Å². The highest BCUT2D eigenvalue weighted by Gasteiger charge is 2.19. The second-order valence-corrected chi connectivity index (χ2v) is 9.60. The van der Waals surface area contributed by atoms with Gasteiger partial charge in [0.1, 0.15) is 5.75 Å². The van der Waals surface area contributed by atoms with E-state index in [9.17, 15) is 9.59 Å². The van der Waals surface area contributed by atoms with Crippen LogP contribution >= 0.6 is 23.2 Å². The third-order valence-electron chi connectivity index (χ3n) is 6.26. The largest absolute Gasteiger partial charge is 0.494 e. The number of pyridine rings is 1. The van der Waals surface area contributed by atoms with Crippen molar-refractivity contribution in [3.63, 3.8) is 0 Å². The van der Waals surface area contributed by atoms with Gasteiger partial charge in [-0.05, 0) is 62.0 Å². The predicted molar refractivity (Wildman–Crippen MR) is 142 cm³/mol. The summed E-state index contributed by atoms with van der Waals surface area (Å²) in [5.74, 6) is 0.191. The van der Waals surface area contributed by atoms with Crippen LogP contribution in [0.25, 0.3) is 10.9 Å². The number of fused-ring (bicyclic) bond motifs is 1. The molecule has 9 heteroatoms. The van der Waals surface area contributed by atoms with Gasteiger partial charge in [0.15, 0.2) is 0 Å². The fourth-order valence-corrected chi connectivity index (χ4v) is 4.72. The molecule has 1 saturated heterocycles. The van der Waals surface area contributed by atoms with Gasteiger partial charge in [-0.3, -0.25) is 14.5 Å². The first-order valence-corrected chi connectivity index (χ1v) is 12.6. The molecular weight excluding hydrogens is 487 g/mol. The number of nitrogens with zero attached hydrogens (tertiary/aromatic N) is 3. The third-order valence-corrected chi connectivity index (χ3v) is 7.07. The fourth-order valence-electron chi connectivity index (χ4n) is 4.31. The van der Waals surface area contributed by atoms with E-state index in [1.165, 1.54) is 6.07 Å². The Bertz CT molecular complexity index is 1250. The molecule has 4 rings (SSSR count). The zero-order valence-electron chi connectivity index (χ0n) is 19.8. The van der Waals surface area contributed by atoms with Crippen molar-refractivity contribution >= 4 is 45.7 Å². The molecule has 1 aliphatic rings. The zero-order chi connectivity index (χ0) is 24.9. The summed E-state index contributed by atoms with van der Waals surface area (Å²) in [6.45, 7) is 6.90. The fraction of sp³-hybridized carbons (Fsp3) is 0.385. The van der Waals surface area contributed by atoms with E-state index in [1.54, 1.807) is 19.1 Å². The average molecular weight is 517 g/mol. The number of nitrogens with two attached hydrogens (primary N) is 1. The van der Waals surface area contributed by atoms with E-state index in [1.807, 2.05) is 30.3 Å². The van der Waals surface area contributed by atoms with Crippen LogP contribution in [-0.2, 0) is 0 Å². The molecule has 2 N–H and O–H groups in total. The first-order valence-electron chi connectivity index (χ1n) is 11.8. The number of hydrogen-bond donors (Lipinski definition) is 1. The van der Waals surface area contributed by atoms with Crippen LogP contribution in [0.3, 0.4) is 0 Å². The molecule has 0 amide bonds. The van der Waals surface area contributed by atoms with E-state index in [0.717, 1.165) is 61.2 Å². The van der Waals surface area contributed by atoms with Crippen LogP contribution < -0.4 is 20.9 Å². The molecule has 1 atom stereocenters. The van der Waals surface area contributed by atoms with Gasteiger partial charge in [-0.1, -0.05) is 29.3 Å². The molecule has 7 nitrogen and oxygen atoms in total. The van der Waals surface area contributed by atoms with Crippen LogP contribution in [0.5, 0.6) is 5.75 Å². The summed E-state index contributed by atoms with van der Waals surface area (Å²) < 4.78 is 7.05. The second kappa shape index (κ2) is 11.4. The lowest BCUT2D eigenvalue weighted by atomic mass is 10.2. The number of rotatable bonds is 8. The summed E-state index contributed by atoms with van der Waals surface area (Å²) in [7, 11) is 0. The molecule has 1 fully saturated rings. The number of aromatic nitrogens is 1. The van der Waals surface area contributed by atoms with Crippen molar-refractivity contribution < 1.29 is 9.53 Å². The quantitative estimate of drug-likeness (QED) is 0.450. The van der Waals surface area contributed by atoms with Crippen LogP contribution in [0, 0.1) is 0 Å². The van der Waals surface area contributed by atoms with Gasteiger partial charge in [0.25, 0.3) is 11.5 Å². The number of halogens is 2. The average Bonchev–Trinajstić information content (AvgIpc) is 2.85. The summed E-state index contributed by atoms with van der Waals surface area (Å²) >= 11 is 12.5. The van der Waals surface area contributed by atoms with Crippen molar-refractivity contribution in [2.24, 2.45) is 5.73 Å². The van der Waals surface area contributed by atoms with Gasteiger partial charge in [0.05, 0.1) is 33.9 Å². The van der Waals surface area contributed by atoms with Crippen LogP contribution in [-0.4, -0.2) is 60.7 Å². The van der Waals surface area contributed by atoms with Crippen LogP contribution in [0.1, 0.15) is 24.6 Å². The van der Waals surface area contributed by atoms with Gasteiger partial charge in [-0.25, -0.2) is 4.57 Å². The highest BCUT2D eigenvalue weighted by Crippen LogP contribution is 2.32. The molecule has 0 bridgehead atoms. The smallest absolute Gasteiger partial charge is 0.257 e. The Morgan fingerprint density at radius 1 is 1.06 bits per heavy atom. The van der Waals surface area contributed by atoms with E-state index >= 15 is 0 Å². The maximum atomic E-state index is 12.4. The van der Waals surface area contributed by atoms with Crippen molar-refractivity contribution in [1.29, 1.82) is 0 Å². The molecule has 0 saturated carbocycles. The molecule has 0 radical (unpaired) electrons. The monoisotopic (exact) mass is 516 g/mol. The zero-order valence-corrected chi connectivity index (χ0v) is 21.3. The van der Waals surface area contributed by atoms with E-state index in [0.29, 0.717) is 27.9 Å². The van der Waals surface area contributed by atoms with Crippen molar-refractivity contribution in [1.82, 2.24) is 9.47 Å². The normalized spacial score (nSPS) is 15.4. The molecule has 1 aliphatic heterocycles. The molecule has 0 spiro atoms. The third kappa shape index (κ3) is 5.98. The van der Waals surface area contributed by atoms with Crippen molar-refractivity contribution in [2.75, 3.05) is 44.2 Å². The summed E-state index contributed by atoms with van der Waals surface area (Å²) in [5.41, 5.74) is 6.84. The van der Waals surface area contributed by atoms with Crippen LogP contribution in [0.4, 0.5) is 5.69 Å². The van der Waals surface area contributed by atoms with Gasteiger partial charge in [0, 0.05) is 38.3 Å². The molecule has 3 aromatic rings. The number of anilines is 1. The minimum Gasteiger partial charge on any atom is -0.494 e. The molecular formula is C26H30Cl2N4O3. The molecule has 186 valence electrons. The SMILES string of the molecule is CC(N)C(=O)n1c(=O)ccc2ccc(OCCCCN3CCN(c4cccc(Cl)c4Cl)CC3)cc21. The van der Waals surface area contributed by atoms with Gasteiger partial charge >= 0.3 is 0 Å². The maximum Gasteiger partial charge on any atom is 0.257 e. The number of carbonyl (C=O) groups is 1. The number of piperazine rings is 1. The van der Waals surface area contributed by atoms with Crippen LogP contribution in [0.2, 0.25) is 10.0 Å². The number of unbranched alkanes of at least 4 members (excludes halogenated alkanes) is 1. The Morgan fingerprint density at radius 3 is 2.54 bits per heavy atom.